The number of benzene rings is 3. The quantitative estimate of drug-likeness (QED) is 0.400. The van der Waals surface area contributed by atoms with Crippen molar-refractivity contribution in [3.8, 4) is 5.75 Å². The predicted molar refractivity (Wildman–Crippen MR) is 145 cm³/mol. The summed E-state index contributed by atoms with van der Waals surface area (Å²) in [6.07, 6.45) is 1.70. The number of methoxy groups -OCH3 is 1. The van der Waals surface area contributed by atoms with Crippen LogP contribution in [0.3, 0.4) is 0 Å². The summed E-state index contributed by atoms with van der Waals surface area (Å²) < 4.78 is 7.26. The second-order valence-electron chi connectivity index (χ2n) is 8.60. The zero-order chi connectivity index (χ0) is 26.8. The molecule has 2 heterocycles. The summed E-state index contributed by atoms with van der Waals surface area (Å²) in [5.74, 6) is -0.717. The van der Waals surface area contributed by atoms with Crippen molar-refractivity contribution in [2.24, 2.45) is 4.99 Å². The van der Waals surface area contributed by atoms with Gasteiger partial charge in [0.2, 0.25) is 0 Å². The molecule has 1 aliphatic rings. The van der Waals surface area contributed by atoms with E-state index in [0.29, 0.717) is 37.6 Å². The fraction of sp³-hybridized carbons (Fsp3) is 0.103. The van der Waals surface area contributed by atoms with E-state index in [0.717, 1.165) is 5.56 Å². The van der Waals surface area contributed by atoms with E-state index in [1.165, 1.54) is 28.0 Å². The molecule has 3 aromatic carbocycles. The van der Waals surface area contributed by atoms with Crippen LogP contribution in [0.15, 0.2) is 99.9 Å². The summed E-state index contributed by atoms with van der Waals surface area (Å²) in [6.45, 7) is 1.76. The Balaban J connectivity index is 1.64. The van der Waals surface area contributed by atoms with E-state index in [1.807, 2.05) is 30.3 Å². The van der Waals surface area contributed by atoms with Crippen LogP contribution in [0.25, 0.3) is 6.08 Å². The molecule has 1 aromatic heterocycles. The number of hydrogen-bond donors (Lipinski definition) is 2. The van der Waals surface area contributed by atoms with Gasteiger partial charge in [0.05, 0.1) is 34.5 Å². The number of carboxylic acids is 1. The number of anilines is 1. The molecule has 0 aliphatic carbocycles. The average molecular weight is 526 g/mol. The largest absolute Gasteiger partial charge is 0.497 e. The maximum absolute atomic E-state index is 13.7. The molecule has 0 bridgehead atoms. The summed E-state index contributed by atoms with van der Waals surface area (Å²) >= 11 is 1.22. The van der Waals surface area contributed by atoms with Gasteiger partial charge in [-0.05, 0) is 60.5 Å². The Morgan fingerprint density at radius 1 is 1.03 bits per heavy atom. The predicted octanol–water partition coefficient (Wildman–Crippen LogP) is 3.58. The van der Waals surface area contributed by atoms with E-state index >= 15 is 0 Å². The van der Waals surface area contributed by atoms with Crippen molar-refractivity contribution in [3.63, 3.8) is 0 Å². The highest BCUT2D eigenvalue weighted by molar-refractivity contribution is 7.07. The van der Waals surface area contributed by atoms with E-state index in [9.17, 15) is 14.4 Å². The Morgan fingerprint density at radius 3 is 2.34 bits per heavy atom. The molecule has 2 N–H and O–H groups in total. The topological polar surface area (TPSA) is 110 Å². The Morgan fingerprint density at radius 2 is 1.71 bits per heavy atom. The lowest BCUT2D eigenvalue weighted by atomic mass is 9.95. The standard InChI is InChI=1S/C29H23N3O5S/c1-17-24(26(33)31-21-6-4-3-5-7-21)25(19-12-14-22(37-2)15-13-19)32-27(34)23(38-29(32)30-17)16-18-8-10-20(11-9-18)28(35)36/h3-16,25H,1-2H3,(H,31,33)(H,35,36)/b23-16+/t25-/m1/s1. The minimum atomic E-state index is -1.02. The molecule has 1 atom stereocenters. The van der Waals surface area contributed by atoms with E-state index in [1.54, 1.807) is 56.5 Å². The molecule has 0 fully saturated rings. The lowest BCUT2D eigenvalue weighted by Gasteiger charge is -2.25. The second kappa shape index (κ2) is 10.3. The molecule has 1 aliphatic heterocycles. The number of hydrogen-bond acceptors (Lipinski definition) is 6. The van der Waals surface area contributed by atoms with Gasteiger partial charge < -0.3 is 15.2 Å². The van der Waals surface area contributed by atoms with Crippen LogP contribution in [0.1, 0.15) is 34.5 Å². The maximum atomic E-state index is 13.7. The van der Waals surface area contributed by atoms with Gasteiger partial charge in [0.15, 0.2) is 4.80 Å². The number of fused-ring (bicyclic) bond motifs is 1. The SMILES string of the molecule is COc1ccc([C@@H]2C(C(=O)Nc3ccccc3)=C(C)N=c3s/c(=C/c4ccc(C(=O)O)cc4)c(=O)n32)cc1. The normalized spacial score (nSPS) is 15.0. The zero-order valence-corrected chi connectivity index (χ0v) is 21.4. The smallest absolute Gasteiger partial charge is 0.335 e. The van der Waals surface area contributed by atoms with Crippen LogP contribution in [0.2, 0.25) is 0 Å². The molecule has 9 heteroatoms. The molecular weight excluding hydrogens is 502 g/mol. The summed E-state index contributed by atoms with van der Waals surface area (Å²) in [4.78, 5) is 43.6. The van der Waals surface area contributed by atoms with Crippen LogP contribution in [-0.4, -0.2) is 28.7 Å². The van der Waals surface area contributed by atoms with Crippen molar-refractivity contribution in [2.45, 2.75) is 13.0 Å². The van der Waals surface area contributed by atoms with Crippen molar-refractivity contribution in [2.75, 3.05) is 12.4 Å². The van der Waals surface area contributed by atoms with Crippen molar-refractivity contribution < 1.29 is 19.4 Å². The number of thiazole rings is 1. The first-order valence-electron chi connectivity index (χ1n) is 11.7. The molecule has 5 rings (SSSR count). The highest BCUT2D eigenvalue weighted by Crippen LogP contribution is 2.31. The zero-order valence-electron chi connectivity index (χ0n) is 20.5. The van der Waals surface area contributed by atoms with Gasteiger partial charge in [0.1, 0.15) is 5.75 Å². The number of aromatic carboxylic acids is 1. The summed E-state index contributed by atoms with van der Waals surface area (Å²) in [5.41, 5.74) is 2.79. The molecule has 0 spiro atoms. The van der Waals surface area contributed by atoms with Crippen molar-refractivity contribution in [1.29, 1.82) is 0 Å². The molecule has 0 saturated carbocycles. The van der Waals surface area contributed by atoms with Crippen LogP contribution < -0.4 is 24.9 Å². The van der Waals surface area contributed by atoms with Crippen LogP contribution in [0.4, 0.5) is 5.69 Å². The number of amides is 1. The van der Waals surface area contributed by atoms with Gasteiger partial charge in [-0.25, -0.2) is 9.79 Å². The third kappa shape index (κ3) is 4.79. The summed E-state index contributed by atoms with van der Waals surface area (Å²) in [5, 5.41) is 12.1. The number of ether oxygens (including phenoxy) is 1. The van der Waals surface area contributed by atoms with Gasteiger partial charge in [-0.2, -0.15) is 0 Å². The fourth-order valence-electron chi connectivity index (χ4n) is 4.31. The lowest BCUT2D eigenvalue weighted by molar-refractivity contribution is -0.113. The molecule has 0 unspecified atom stereocenters. The Kier molecular flexibility index (Phi) is 6.76. The Hall–Kier alpha value is -4.76. The van der Waals surface area contributed by atoms with Crippen LogP contribution in [0.5, 0.6) is 5.75 Å². The maximum Gasteiger partial charge on any atom is 0.335 e. The third-order valence-corrected chi connectivity index (χ3v) is 7.17. The second-order valence-corrected chi connectivity index (χ2v) is 9.61. The number of carboxylic acid groups (broad SMARTS) is 1. The van der Waals surface area contributed by atoms with Gasteiger partial charge in [-0.3, -0.25) is 14.2 Å². The molecule has 1 amide bonds. The molecule has 0 saturated heterocycles. The molecule has 190 valence electrons. The highest BCUT2D eigenvalue weighted by Gasteiger charge is 2.32. The van der Waals surface area contributed by atoms with E-state index in [4.69, 9.17) is 9.84 Å². The third-order valence-electron chi connectivity index (χ3n) is 6.18. The van der Waals surface area contributed by atoms with Crippen LogP contribution in [-0.2, 0) is 4.79 Å². The van der Waals surface area contributed by atoms with Crippen LogP contribution in [0, 0.1) is 0 Å². The van der Waals surface area contributed by atoms with Gasteiger partial charge in [0, 0.05) is 5.69 Å². The van der Waals surface area contributed by atoms with Crippen molar-refractivity contribution in [1.82, 2.24) is 4.57 Å². The number of carbonyl (C=O) groups is 2. The van der Waals surface area contributed by atoms with Gasteiger partial charge in [-0.1, -0.05) is 53.8 Å². The molecular formula is C29H23N3O5S. The highest BCUT2D eigenvalue weighted by atomic mass is 32.1. The molecule has 8 nitrogen and oxygen atoms in total. The first kappa shape index (κ1) is 24.9. The van der Waals surface area contributed by atoms with E-state index in [-0.39, 0.29) is 17.0 Å². The molecule has 4 aromatic rings. The number of carbonyl (C=O) groups excluding carboxylic acids is 1. The molecule has 0 radical (unpaired) electrons. The average Bonchev–Trinajstić information content (AvgIpc) is 3.22. The van der Waals surface area contributed by atoms with E-state index in [2.05, 4.69) is 10.3 Å². The number of para-hydroxylation sites is 1. The first-order chi connectivity index (χ1) is 18.4. The number of nitrogens with one attached hydrogen (secondary N) is 1. The van der Waals surface area contributed by atoms with Gasteiger partial charge >= 0.3 is 5.97 Å². The molecule has 38 heavy (non-hydrogen) atoms. The fourth-order valence-corrected chi connectivity index (χ4v) is 5.35. The number of allylic oxidation sites excluding steroid dienone is 1. The Labute approximate surface area is 221 Å². The lowest BCUT2D eigenvalue weighted by Crippen LogP contribution is -2.40. The Bertz CT molecular complexity index is 1740. The summed E-state index contributed by atoms with van der Waals surface area (Å²) in [6, 6.07) is 21.9. The van der Waals surface area contributed by atoms with Crippen molar-refractivity contribution >= 4 is 35.0 Å². The monoisotopic (exact) mass is 525 g/mol. The van der Waals surface area contributed by atoms with Crippen LogP contribution >= 0.6 is 11.3 Å². The van der Waals surface area contributed by atoms with Gasteiger partial charge in [0.25, 0.3) is 11.5 Å². The number of rotatable bonds is 6. The first-order valence-corrected chi connectivity index (χ1v) is 12.5. The minimum absolute atomic E-state index is 0.160. The van der Waals surface area contributed by atoms with Crippen molar-refractivity contribution in [3.05, 3.63) is 127 Å². The van der Waals surface area contributed by atoms with E-state index < -0.39 is 12.0 Å². The minimum Gasteiger partial charge on any atom is -0.497 e. The van der Waals surface area contributed by atoms with Gasteiger partial charge in [-0.15, -0.1) is 0 Å². The number of nitrogens with zero attached hydrogens (tertiary/aromatic N) is 2. The number of aromatic nitrogens is 1. The summed E-state index contributed by atoms with van der Waals surface area (Å²) in [7, 11) is 1.57.